The first-order valence-electron chi connectivity index (χ1n) is 4.82. The van der Waals surface area contributed by atoms with Gasteiger partial charge >= 0.3 is 11.9 Å². The van der Waals surface area contributed by atoms with E-state index in [-0.39, 0.29) is 23.2 Å². The summed E-state index contributed by atoms with van der Waals surface area (Å²) in [6.07, 6.45) is 0. The molecule has 4 nitrogen and oxygen atoms in total. The molecule has 0 aliphatic carbocycles. The largest absolute Gasteiger partial charge is 0.462 e. The first-order valence-corrected chi connectivity index (χ1v) is 6.73. The van der Waals surface area contributed by atoms with Gasteiger partial charge in [0.05, 0.1) is 11.1 Å². The van der Waals surface area contributed by atoms with Crippen LogP contribution in [0.25, 0.3) is 0 Å². The molecule has 0 aliphatic rings. The molecule has 1 aromatic rings. The number of hydrogen-bond donors (Lipinski definition) is 0. The van der Waals surface area contributed by atoms with Crippen LogP contribution >= 0.6 is 31.9 Å². The lowest BCUT2D eigenvalue weighted by atomic mass is 10.2. The van der Waals surface area contributed by atoms with Crippen LogP contribution in [0.15, 0.2) is 22.7 Å². The van der Waals surface area contributed by atoms with Gasteiger partial charge in [-0.05, 0) is 35.0 Å². The molecule has 0 spiro atoms. The number of para-hydroxylation sites is 1. The van der Waals surface area contributed by atoms with Crippen LogP contribution in [-0.4, -0.2) is 23.9 Å². The van der Waals surface area contributed by atoms with E-state index in [0.29, 0.717) is 4.47 Å². The van der Waals surface area contributed by atoms with Crippen LogP contribution in [-0.2, 0) is 9.53 Å². The highest BCUT2D eigenvalue weighted by molar-refractivity contribution is 9.10. The lowest BCUT2D eigenvalue weighted by Gasteiger charge is -2.10. The van der Waals surface area contributed by atoms with Gasteiger partial charge in [0, 0.05) is 0 Å². The van der Waals surface area contributed by atoms with Crippen LogP contribution < -0.4 is 4.74 Å². The van der Waals surface area contributed by atoms with E-state index in [4.69, 9.17) is 9.47 Å². The standard InChI is InChI=1S/C11H10Br2O4/c1-2-16-11(15)7-4-3-5-8(13)10(7)17-9(14)6-12/h3-5H,2,6H2,1H3. The van der Waals surface area contributed by atoms with Crippen molar-refractivity contribution in [2.75, 3.05) is 11.9 Å². The summed E-state index contributed by atoms with van der Waals surface area (Å²) in [5.41, 5.74) is 0.218. The molecule has 0 unspecified atom stereocenters. The maximum absolute atomic E-state index is 11.6. The second-order valence-corrected chi connectivity index (χ2v) is 4.36. The molecule has 0 saturated heterocycles. The zero-order chi connectivity index (χ0) is 12.8. The summed E-state index contributed by atoms with van der Waals surface area (Å²) in [7, 11) is 0. The maximum Gasteiger partial charge on any atom is 0.341 e. The minimum atomic E-state index is -0.522. The van der Waals surface area contributed by atoms with E-state index in [2.05, 4.69) is 31.9 Å². The van der Waals surface area contributed by atoms with E-state index in [1.54, 1.807) is 25.1 Å². The number of rotatable bonds is 4. The molecule has 0 saturated carbocycles. The highest BCUT2D eigenvalue weighted by atomic mass is 79.9. The minimum absolute atomic E-state index is 0.0522. The van der Waals surface area contributed by atoms with Crippen LogP contribution in [0, 0.1) is 0 Å². The average Bonchev–Trinajstić information content (AvgIpc) is 2.31. The van der Waals surface area contributed by atoms with Gasteiger partial charge in [0.1, 0.15) is 10.9 Å². The lowest BCUT2D eigenvalue weighted by Crippen LogP contribution is -2.13. The smallest absolute Gasteiger partial charge is 0.341 e. The van der Waals surface area contributed by atoms with Gasteiger partial charge in [-0.3, -0.25) is 4.79 Å². The maximum atomic E-state index is 11.6. The van der Waals surface area contributed by atoms with Crippen molar-refractivity contribution in [1.29, 1.82) is 0 Å². The fourth-order valence-electron chi connectivity index (χ4n) is 1.12. The Bertz CT molecular complexity index is 431. The van der Waals surface area contributed by atoms with Crippen LogP contribution in [0.3, 0.4) is 0 Å². The molecule has 0 aliphatic heterocycles. The van der Waals surface area contributed by atoms with Gasteiger partial charge in [0.25, 0.3) is 0 Å². The molecule has 0 atom stereocenters. The minimum Gasteiger partial charge on any atom is -0.462 e. The van der Waals surface area contributed by atoms with Crippen molar-refractivity contribution < 1.29 is 19.1 Å². The molecular formula is C11H10Br2O4. The first kappa shape index (κ1) is 14.2. The molecule has 6 heteroatoms. The van der Waals surface area contributed by atoms with Gasteiger partial charge in [-0.15, -0.1) is 0 Å². The van der Waals surface area contributed by atoms with Crippen LogP contribution in [0.2, 0.25) is 0 Å². The van der Waals surface area contributed by atoms with Crippen molar-refractivity contribution in [3.05, 3.63) is 28.2 Å². The molecule has 1 rings (SSSR count). The highest BCUT2D eigenvalue weighted by Gasteiger charge is 2.18. The van der Waals surface area contributed by atoms with E-state index in [1.165, 1.54) is 0 Å². The summed E-state index contributed by atoms with van der Waals surface area (Å²) in [5, 5.41) is 0.0522. The fourth-order valence-corrected chi connectivity index (χ4v) is 1.68. The monoisotopic (exact) mass is 364 g/mol. The number of esters is 2. The summed E-state index contributed by atoms with van der Waals surface area (Å²) in [6.45, 7) is 1.97. The number of alkyl halides is 1. The lowest BCUT2D eigenvalue weighted by molar-refractivity contribution is -0.131. The molecule has 92 valence electrons. The van der Waals surface area contributed by atoms with Gasteiger partial charge in [-0.2, -0.15) is 0 Å². The molecule has 0 radical (unpaired) electrons. The SMILES string of the molecule is CCOC(=O)c1cccc(Br)c1OC(=O)CBr. The summed E-state index contributed by atoms with van der Waals surface area (Å²) >= 11 is 6.21. The molecule has 1 aromatic carbocycles. The molecule has 0 fully saturated rings. The summed E-state index contributed by atoms with van der Waals surface area (Å²) in [5.74, 6) is -0.830. The normalized spacial score (nSPS) is 9.82. The predicted molar refractivity (Wildman–Crippen MR) is 69.5 cm³/mol. The van der Waals surface area contributed by atoms with Crippen molar-refractivity contribution in [1.82, 2.24) is 0 Å². The van der Waals surface area contributed by atoms with E-state index in [1.807, 2.05) is 0 Å². The van der Waals surface area contributed by atoms with E-state index < -0.39 is 11.9 Å². The third-order valence-corrected chi connectivity index (χ3v) is 2.87. The Morgan fingerprint density at radius 2 is 2.06 bits per heavy atom. The molecule has 17 heavy (non-hydrogen) atoms. The molecule has 0 N–H and O–H groups in total. The summed E-state index contributed by atoms with van der Waals surface area (Å²) in [4.78, 5) is 22.9. The van der Waals surface area contributed by atoms with Crippen molar-refractivity contribution >= 4 is 43.8 Å². The number of carbonyl (C=O) groups excluding carboxylic acids is 2. The van der Waals surface area contributed by atoms with Gasteiger partial charge < -0.3 is 9.47 Å². The molecule has 0 amide bonds. The van der Waals surface area contributed by atoms with Gasteiger partial charge in [0.15, 0.2) is 5.75 Å². The van der Waals surface area contributed by atoms with Gasteiger partial charge in [-0.1, -0.05) is 22.0 Å². The van der Waals surface area contributed by atoms with Gasteiger partial charge in [0.2, 0.25) is 0 Å². The van der Waals surface area contributed by atoms with Gasteiger partial charge in [-0.25, -0.2) is 4.79 Å². The second kappa shape index (κ2) is 6.76. The third-order valence-electron chi connectivity index (χ3n) is 1.79. The molecule has 0 heterocycles. The summed E-state index contributed by atoms with van der Waals surface area (Å²) in [6, 6.07) is 4.89. The Kier molecular flexibility index (Phi) is 5.64. The third kappa shape index (κ3) is 3.81. The number of carbonyl (C=O) groups is 2. The fraction of sp³-hybridized carbons (Fsp3) is 0.273. The number of halogens is 2. The molecule has 0 bridgehead atoms. The van der Waals surface area contributed by atoms with E-state index in [0.717, 1.165) is 0 Å². The Balaban J connectivity index is 3.08. The van der Waals surface area contributed by atoms with Crippen LogP contribution in [0.5, 0.6) is 5.75 Å². The zero-order valence-corrected chi connectivity index (χ0v) is 12.2. The van der Waals surface area contributed by atoms with E-state index >= 15 is 0 Å². The van der Waals surface area contributed by atoms with E-state index in [9.17, 15) is 9.59 Å². The zero-order valence-electron chi connectivity index (χ0n) is 9.04. The Morgan fingerprint density at radius 1 is 1.35 bits per heavy atom. The molecule has 0 aromatic heterocycles. The number of hydrogen-bond acceptors (Lipinski definition) is 4. The number of ether oxygens (including phenoxy) is 2. The van der Waals surface area contributed by atoms with Crippen molar-refractivity contribution in [2.24, 2.45) is 0 Å². The van der Waals surface area contributed by atoms with Crippen molar-refractivity contribution in [2.45, 2.75) is 6.92 Å². The number of benzene rings is 1. The topological polar surface area (TPSA) is 52.6 Å². The Labute approximate surface area is 116 Å². The predicted octanol–water partition coefficient (Wildman–Crippen LogP) is 2.93. The van der Waals surface area contributed by atoms with Crippen LogP contribution in [0.4, 0.5) is 0 Å². The van der Waals surface area contributed by atoms with Crippen molar-refractivity contribution in [3.8, 4) is 5.75 Å². The first-order chi connectivity index (χ1) is 8.10. The molecular weight excluding hydrogens is 356 g/mol. The Hall–Kier alpha value is -0.880. The van der Waals surface area contributed by atoms with Crippen molar-refractivity contribution in [3.63, 3.8) is 0 Å². The highest BCUT2D eigenvalue weighted by Crippen LogP contribution is 2.29. The second-order valence-electron chi connectivity index (χ2n) is 2.94. The van der Waals surface area contributed by atoms with Crippen LogP contribution in [0.1, 0.15) is 17.3 Å². The Morgan fingerprint density at radius 3 is 2.65 bits per heavy atom. The quantitative estimate of drug-likeness (QED) is 0.467. The summed E-state index contributed by atoms with van der Waals surface area (Å²) < 4.78 is 10.5. The average molecular weight is 366 g/mol.